The Morgan fingerprint density at radius 3 is 2.78 bits per heavy atom. The van der Waals surface area contributed by atoms with Crippen LogP contribution in [-0.2, 0) is 4.79 Å². The fraction of sp³-hybridized carbons (Fsp3) is 0.462. The Hall–Kier alpha value is -1.26. The topological polar surface area (TPSA) is 58.4 Å². The van der Waals surface area contributed by atoms with Gasteiger partial charge in [0.15, 0.2) is 0 Å². The lowest BCUT2D eigenvalue weighted by Gasteiger charge is -2.14. The molecule has 0 bridgehead atoms. The van der Waals surface area contributed by atoms with Crippen molar-refractivity contribution in [2.75, 3.05) is 30.7 Å². The van der Waals surface area contributed by atoms with Gasteiger partial charge in [0.1, 0.15) is 0 Å². The second kappa shape index (κ2) is 6.07. The second-order valence-corrected chi connectivity index (χ2v) is 5.01. The number of benzene rings is 1. The van der Waals surface area contributed by atoms with E-state index >= 15 is 0 Å². The average Bonchev–Trinajstić information content (AvgIpc) is 2.83. The first-order valence-electron chi connectivity index (χ1n) is 6.22. The predicted molar refractivity (Wildman–Crippen MR) is 74.8 cm³/mol. The molecule has 0 unspecified atom stereocenters. The monoisotopic (exact) mass is 267 g/mol. The first-order chi connectivity index (χ1) is 8.65. The molecule has 2 rings (SSSR count). The molecule has 1 amide bonds. The zero-order valence-corrected chi connectivity index (χ0v) is 11.0. The maximum Gasteiger partial charge on any atom is 0.225 e. The highest BCUT2D eigenvalue weighted by Crippen LogP contribution is 2.22. The third-order valence-corrected chi connectivity index (χ3v) is 3.38. The van der Waals surface area contributed by atoms with E-state index in [1.165, 1.54) is 12.8 Å². The molecule has 0 radical (unpaired) electrons. The molecule has 1 saturated heterocycles. The number of amides is 1. The van der Waals surface area contributed by atoms with Gasteiger partial charge >= 0.3 is 0 Å². The van der Waals surface area contributed by atoms with Crippen molar-refractivity contribution < 1.29 is 4.79 Å². The fourth-order valence-electron chi connectivity index (χ4n) is 2.13. The van der Waals surface area contributed by atoms with E-state index in [2.05, 4.69) is 10.2 Å². The van der Waals surface area contributed by atoms with Crippen LogP contribution in [0.3, 0.4) is 0 Å². The predicted octanol–water partition coefficient (Wildman–Crippen LogP) is 2.35. The molecule has 1 aliphatic heterocycles. The summed E-state index contributed by atoms with van der Waals surface area (Å²) in [5, 5.41) is 3.38. The van der Waals surface area contributed by atoms with Gasteiger partial charge in [-0.1, -0.05) is 11.6 Å². The normalized spacial score (nSPS) is 15.8. The van der Waals surface area contributed by atoms with Crippen LogP contribution in [0.5, 0.6) is 0 Å². The molecule has 0 aliphatic carbocycles. The quantitative estimate of drug-likeness (QED) is 0.824. The highest BCUT2D eigenvalue weighted by Gasteiger charge is 2.13. The van der Waals surface area contributed by atoms with Crippen molar-refractivity contribution in [3.63, 3.8) is 0 Å². The summed E-state index contributed by atoms with van der Waals surface area (Å²) in [6, 6.07) is 5.08. The fourth-order valence-corrected chi connectivity index (χ4v) is 2.31. The van der Waals surface area contributed by atoms with E-state index in [0.717, 1.165) is 19.6 Å². The van der Waals surface area contributed by atoms with E-state index in [9.17, 15) is 4.79 Å². The molecule has 98 valence electrons. The highest BCUT2D eigenvalue weighted by atomic mass is 35.5. The van der Waals surface area contributed by atoms with Crippen molar-refractivity contribution in [3.05, 3.63) is 23.2 Å². The summed E-state index contributed by atoms with van der Waals surface area (Å²) >= 11 is 5.80. The van der Waals surface area contributed by atoms with Crippen LogP contribution in [0.25, 0.3) is 0 Å². The standard InChI is InChI=1S/C13H18ClN3O/c14-10-3-4-12(11(15)9-10)16-13(18)5-8-17-6-1-2-7-17/h3-4,9H,1-2,5-8,15H2,(H,16,18). The largest absolute Gasteiger partial charge is 0.397 e. The van der Waals surface area contributed by atoms with Crippen molar-refractivity contribution in [3.8, 4) is 0 Å². The number of nitrogens with one attached hydrogen (secondary N) is 1. The van der Waals surface area contributed by atoms with Gasteiger partial charge in [0.05, 0.1) is 11.4 Å². The number of carbonyl (C=O) groups is 1. The Balaban J connectivity index is 1.82. The van der Waals surface area contributed by atoms with Gasteiger partial charge in [-0.15, -0.1) is 0 Å². The molecule has 18 heavy (non-hydrogen) atoms. The van der Waals surface area contributed by atoms with Gasteiger partial charge < -0.3 is 16.0 Å². The Morgan fingerprint density at radius 2 is 2.11 bits per heavy atom. The Morgan fingerprint density at radius 1 is 1.39 bits per heavy atom. The molecule has 3 N–H and O–H groups in total. The number of rotatable bonds is 4. The zero-order chi connectivity index (χ0) is 13.0. The number of anilines is 2. The summed E-state index contributed by atoms with van der Waals surface area (Å²) in [5.41, 5.74) is 6.91. The third-order valence-electron chi connectivity index (χ3n) is 3.14. The Kier molecular flexibility index (Phi) is 4.44. The Labute approximate surface area is 112 Å². The molecule has 1 aromatic carbocycles. The molecule has 1 fully saturated rings. The van der Waals surface area contributed by atoms with Gasteiger partial charge in [0.2, 0.25) is 5.91 Å². The van der Waals surface area contributed by atoms with Crippen LogP contribution in [0.1, 0.15) is 19.3 Å². The van der Waals surface area contributed by atoms with Crippen molar-refractivity contribution in [1.82, 2.24) is 4.90 Å². The van der Waals surface area contributed by atoms with E-state index in [1.807, 2.05) is 0 Å². The SMILES string of the molecule is Nc1cc(Cl)ccc1NC(=O)CCN1CCCC1. The van der Waals surface area contributed by atoms with Crippen LogP contribution >= 0.6 is 11.6 Å². The van der Waals surface area contributed by atoms with Gasteiger partial charge in [0.25, 0.3) is 0 Å². The van der Waals surface area contributed by atoms with Gasteiger partial charge in [-0.3, -0.25) is 4.79 Å². The minimum Gasteiger partial charge on any atom is -0.397 e. The molecule has 1 heterocycles. The molecule has 1 aromatic rings. The molecule has 0 atom stereocenters. The lowest BCUT2D eigenvalue weighted by Crippen LogP contribution is -2.25. The number of halogens is 1. The zero-order valence-electron chi connectivity index (χ0n) is 10.3. The highest BCUT2D eigenvalue weighted by molar-refractivity contribution is 6.31. The van der Waals surface area contributed by atoms with Gasteiger partial charge in [0, 0.05) is 18.0 Å². The van der Waals surface area contributed by atoms with Crippen LogP contribution < -0.4 is 11.1 Å². The number of nitrogens with zero attached hydrogens (tertiary/aromatic N) is 1. The first kappa shape index (κ1) is 13.2. The average molecular weight is 268 g/mol. The van der Waals surface area contributed by atoms with Crippen LogP contribution in [-0.4, -0.2) is 30.4 Å². The minimum absolute atomic E-state index is 0.00378. The van der Waals surface area contributed by atoms with E-state index in [1.54, 1.807) is 18.2 Å². The number of hydrogen-bond donors (Lipinski definition) is 2. The lowest BCUT2D eigenvalue weighted by molar-refractivity contribution is -0.116. The number of nitrogens with two attached hydrogens (primary N) is 1. The molecule has 0 spiro atoms. The van der Waals surface area contributed by atoms with Crippen molar-refractivity contribution in [2.24, 2.45) is 0 Å². The summed E-state index contributed by atoms with van der Waals surface area (Å²) in [4.78, 5) is 14.1. The number of likely N-dealkylation sites (tertiary alicyclic amines) is 1. The minimum atomic E-state index is -0.00378. The van der Waals surface area contributed by atoms with Gasteiger partial charge in [-0.2, -0.15) is 0 Å². The molecule has 0 saturated carbocycles. The summed E-state index contributed by atoms with van der Waals surface area (Å²) in [6.45, 7) is 3.03. The van der Waals surface area contributed by atoms with Crippen LogP contribution in [0.15, 0.2) is 18.2 Å². The molecule has 0 aromatic heterocycles. The molecular formula is C13H18ClN3O. The van der Waals surface area contributed by atoms with Crippen molar-refractivity contribution in [1.29, 1.82) is 0 Å². The second-order valence-electron chi connectivity index (χ2n) is 4.58. The molecule has 4 nitrogen and oxygen atoms in total. The maximum absolute atomic E-state index is 11.8. The van der Waals surface area contributed by atoms with Crippen LogP contribution in [0.2, 0.25) is 5.02 Å². The van der Waals surface area contributed by atoms with Gasteiger partial charge in [-0.25, -0.2) is 0 Å². The summed E-state index contributed by atoms with van der Waals surface area (Å²) < 4.78 is 0. The Bertz CT molecular complexity index is 430. The molecule has 1 aliphatic rings. The summed E-state index contributed by atoms with van der Waals surface area (Å²) in [7, 11) is 0. The number of nitrogen functional groups attached to an aromatic ring is 1. The van der Waals surface area contributed by atoms with Crippen molar-refractivity contribution >= 4 is 28.9 Å². The van der Waals surface area contributed by atoms with Crippen LogP contribution in [0.4, 0.5) is 11.4 Å². The molecular weight excluding hydrogens is 250 g/mol. The summed E-state index contributed by atoms with van der Waals surface area (Å²) in [5.74, 6) is -0.00378. The van der Waals surface area contributed by atoms with E-state index < -0.39 is 0 Å². The maximum atomic E-state index is 11.8. The lowest BCUT2D eigenvalue weighted by atomic mass is 10.2. The van der Waals surface area contributed by atoms with Gasteiger partial charge in [-0.05, 0) is 44.1 Å². The van der Waals surface area contributed by atoms with E-state index in [0.29, 0.717) is 22.8 Å². The van der Waals surface area contributed by atoms with Crippen molar-refractivity contribution in [2.45, 2.75) is 19.3 Å². The van der Waals surface area contributed by atoms with E-state index in [4.69, 9.17) is 17.3 Å². The number of carbonyl (C=O) groups excluding carboxylic acids is 1. The smallest absolute Gasteiger partial charge is 0.225 e. The third kappa shape index (κ3) is 3.62. The summed E-state index contributed by atoms with van der Waals surface area (Å²) in [6.07, 6.45) is 2.99. The molecule has 5 heteroatoms. The number of hydrogen-bond acceptors (Lipinski definition) is 3. The van der Waals surface area contributed by atoms with E-state index in [-0.39, 0.29) is 5.91 Å². The first-order valence-corrected chi connectivity index (χ1v) is 6.60. The van der Waals surface area contributed by atoms with Crippen LogP contribution in [0, 0.1) is 0 Å².